The van der Waals surface area contributed by atoms with Crippen LogP contribution in [0, 0.1) is 0 Å². The van der Waals surface area contributed by atoms with Gasteiger partial charge >= 0.3 is 0 Å². The molecule has 0 fully saturated rings. The van der Waals surface area contributed by atoms with Crippen molar-refractivity contribution < 1.29 is 0 Å². The van der Waals surface area contributed by atoms with Crippen LogP contribution in [0.2, 0.25) is 10.0 Å². The summed E-state index contributed by atoms with van der Waals surface area (Å²) in [6.07, 6.45) is 3.39. The normalized spacial score (nSPS) is 14.8. The SMILES string of the molecule is Nc1cc(Cl)c(N2CCCCc3ccccc32)c(Cl)c1. The highest BCUT2D eigenvalue weighted by atomic mass is 35.5. The first-order valence-corrected chi connectivity index (χ1v) is 7.52. The molecule has 1 aliphatic rings. The molecular formula is C16H16Cl2N2. The van der Waals surface area contributed by atoms with Crippen molar-refractivity contribution in [3.8, 4) is 0 Å². The Balaban J connectivity index is 2.15. The second kappa shape index (κ2) is 5.55. The quantitative estimate of drug-likeness (QED) is 0.747. The maximum absolute atomic E-state index is 6.38. The molecule has 1 aliphatic heterocycles. The Labute approximate surface area is 129 Å². The van der Waals surface area contributed by atoms with E-state index >= 15 is 0 Å². The van der Waals surface area contributed by atoms with Crippen LogP contribution in [0.3, 0.4) is 0 Å². The van der Waals surface area contributed by atoms with E-state index in [2.05, 4.69) is 29.2 Å². The zero-order valence-electron chi connectivity index (χ0n) is 11.1. The van der Waals surface area contributed by atoms with E-state index in [4.69, 9.17) is 28.9 Å². The van der Waals surface area contributed by atoms with E-state index in [-0.39, 0.29) is 0 Å². The van der Waals surface area contributed by atoms with Crippen molar-refractivity contribution in [3.63, 3.8) is 0 Å². The van der Waals surface area contributed by atoms with Gasteiger partial charge in [-0.2, -0.15) is 0 Å². The summed E-state index contributed by atoms with van der Waals surface area (Å²) in [5.41, 5.74) is 9.78. The topological polar surface area (TPSA) is 29.3 Å². The predicted octanol–water partition coefficient (Wildman–Crippen LogP) is 5.05. The minimum atomic E-state index is 0.590. The summed E-state index contributed by atoms with van der Waals surface area (Å²) in [4.78, 5) is 2.21. The van der Waals surface area contributed by atoms with Gasteiger partial charge in [-0.25, -0.2) is 0 Å². The monoisotopic (exact) mass is 306 g/mol. The molecule has 0 unspecified atom stereocenters. The first-order chi connectivity index (χ1) is 9.66. The summed E-state index contributed by atoms with van der Waals surface area (Å²) in [5, 5.41) is 1.21. The number of fused-ring (bicyclic) bond motifs is 1. The first kappa shape index (κ1) is 13.6. The van der Waals surface area contributed by atoms with E-state index in [9.17, 15) is 0 Å². The van der Waals surface area contributed by atoms with Crippen LogP contribution in [0.4, 0.5) is 17.1 Å². The highest BCUT2D eigenvalue weighted by Crippen LogP contribution is 2.42. The highest BCUT2D eigenvalue weighted by molar-refractivity contribution is 6.39. The standard InChI is InChI=1S/C16H16Cl2N2/c17-13-9-12(19)10-14(18)16(13)20-8-4-3-6-11-5-1-2-7-15(11)20/h1-2,5,7,9-10H,3-4,6,8,19H2. The van der Waals surface area contributed by atoms with Gasteiger partial charge in [0.2, 0.25) is 0 Å². The summed E-state index contributed by atoms with van der Waals surface area (Å²) < 4.78 is 0. The lowest BCUT2D eigenvalue weighted by atomic mass is 10.1. The average Bonchev–Trinajstić information content (AvgIpc) is 2.61. The second-order valence-electron chi connectivity index (χ2n) is 5.07. The molecule has 0 radical (unpaired) electrons. The fourth-order valence-electron chi connectivity index (χ4n) is 2.77. The van der Waals surface area contributed by atoms with Gasteiger partial charge in [-0.05, 0) is 43.0 Å². The van der Waals surface area contributed by atoms with Gasteiger partial charge in [0.1, 0.15) is 0 Å². The predicted molar refractivity (Wildman–Crippen MR) is 87.3 cm³/mol. The summed E-state index contributed by atoms with van der Waals surface area (Å²) in [6, 6.07) is 12.0. The maximum atomic E-state index is 6.38. The number of halogens is 2. The van der Waals surface area contributed by atoms with Crippen LogP contribution >= 0.6 is 23.2 Å². The minimum Gasteiger partial charge on any atom is -0.399 e. The number of nitrogens with zero attached hydrogens (tertiary/aromatic N) is 1. The van der Waals surface area contributed by atoms with Crippen LogP contribution in [-0.4, -0.2) is 6.54 Å². The Morgan fingerprint density at radius 3 is 2.45 bits per heavy atom. The summed E-state index contributed by atoms with van der Waals surface area (Å²) in [7, 11) is 0. The molecule has 0 amide bonds. The summed E-state index contributed by atoms with van der Waals surface area (Å²) in [6.45, 7) is 0.917. The van der Waals surface area contributed by atoms with E-state index in [1.165, 1.54) is 17.7 Å². The molecule has 20 heavy (non-hydrogen) atoms. The third kappa shape index (κ3) is 2.46. The van der Waals surface area contributed by atoms with Crippen molar-refractivity contribution in [2.75, 3.05) is 17.2 Å². The third-order valence-electron chi connectivity index (χ3n) is 3.67. The molecule has 1 heterocycles. The molecule has 0 atom stereocenters. The Hall–Kier alpha value is -1.38. The number of rotatable bonds is 1. The second-order valence-corrected chi connectivity index (χ2v) is 5.89. The molecule has 0 spiro atoms. The number of nitrogen functional groups attached to an aromatic ring is 1. The molecule has 104 valence electrons. The molecule has 2 nitrogen and oxygen atoms in total. The average molecular weight is 307 g/mol. The van der Waals surface area contributed by atoms with Gasteiger partial charge in [0.25, 0.3) is 0 Å². The molecular weight excluding hydrogens is 291 g/mol. The van der Waals surface area contributed by atoms with Crippen molar-refractivity contribution in [3.05, 3.63) is 52.0 Å². The lowest BCUT2D eigenvalue weighted by Gasteiger charge is -2.27. The van der Waals surface area contributed by atoms with E-state index in [0.29, 0.717) is 15.7 Å². The molecule has 2 aromatic carbocycles. The molecule has 0 saturated heterocycles. The minimum absolute atomic E-state index is 0.590. The zero-order valence-corrected chi connectivity index (χ0v) is 12.6. The number of hydrogen-bond donors (Lipinski definition) is 1. The fraction of sp³-hybridized carbons (Fsp3) is 0.250. The molecule has 2 aromatic rings. The van der Waals surface area contributed by atoms with Gasteiger partial charge in [0.05, 0.1) is 15.7 Å². The van der Waals surface area contributed by atoms with Gasteiger partial charge in [-0.3, -0.25) is 0 Å². The molecule has 3 rings (SSSR count). The Bertz CT molecular complexity index is 617. The van der Waals surface area contributed by atoms with Crippen LogP contribution in [0.5, 0.6) is 0 Å². The zero-order chi connectivity index (χ0) is 14.1. The van der Waals surface area contributed by atoms with E-state index in [1.54, 1.807) is 12.1 Å². The Morgan fingerprint density at radius 1 is 1.00 bits per heavy atom. The third-order valence-corrected chi connectivity index (χ3v) is 4.25. The number of hydrogen-bond acceptors (Lipinski definition) is 2. The molecule has 0 aliphatic carbocycles. The highest BCUT2D eigenvalue weighted by Gasteiger charge is 2.21. The molecule has 0 bridgehead atoms. The van der Waals surface area contributed by atoms with Crippen molar-refractivity contribution in [1.82, 2.24) is 0 Å². The number of anilines is 3. The first-order valence-electron chi connectivity index (χ1n) is 6.77. The van der Waals surface area contributed by atoms with Crippen molar-refractivity contribution in [2.45, 2.75) is 19.3 Å². The van der Waals surface area contributed by atoms with E-state index in [0.717, 1.165) is 25.1 Å². The lowest BCUT2D eigenvalue weighted by molar-refractivity contribution is 0.761. The smallest absolute Gasteiger partial charge is 0.0791 e. The van der Waals surface area contributed by atoms with Crippen LogP contribution in [-0.2, 0) is 6.42 Å². The van der Waals surface area contributed by atoms with Crippen molar-refractivity contribution >= 4 is 40.3 Å². The van der Waals surface area contributed by atoms with E-state index in [1.807, 2.05) is 0 Å². The van der Waals surface area contributed by atoms with Crippen molar-refractivity contribution in [1.29, 1.82) is 0 Å². The van der Waals surface area contributed by atoms with Gasteiger partial charge in [0, 0.05) is 17.9 Å². The van der Waals surface area contributed by atoms with E-state index < -0.39 is 0 Å². The summed E-state index contributed by atoms with van der Waals surface area (Å²) >= 11 is 12.8. The Kier molecular flexibility index (Phi) is 3.77. The fourth-order valence-corrected chi connectivity index (χ4v) is 3.47. The van der Waals surface area contributed by atoms with Crippen molar-refractivity contribution in [2.24, 2.45) is 0 Å². The van der Waals surface area contributed by atoms with Crippen LogP contribution in [0.15, 0.2) is 36.4 Å². The lowest BCUT2D eigenvalue weighted by Crippen LogP contribution is -2.18. The number of para-hydroxylation sites is 1. The number of benzene rings is 2. The maximum Gasteiger partial charge on any atom is 0.0791 e. The van der Waals surface area contributed by atoms with Crippen LogP contribution in [0.25, 0.3) is 0 Å². The molecule has 4 heteroatoms. The van der Waals surface area contributed by atoms with Gasteiger partial charge in [-0.15, -0.1) is 0 Å². The van der Waals surface area contributed by atoms with Gasteiger partial charge in [0.15, 0.2) is 0 Å². The summed E-state index contributed by atoms with van der Waals surface area (Å²) in [5.74, 6) is 0. The Morgan fingerprint density at radius 2 is 1.70 bits per heavy atom. The molecule has 2 N–H and O–H groups in total. The number of nitrogens with two attached hydrogens (primary N) is 1. The van der Waals surface area contributed by atoms with Gasteiger partial charge in [-0.1, -0.05) is 41.4 Å². The molecule has 0 saturated carbocycles. The largest absolute Gasteiger partial charge is 0.399 e. The molecule has 0 aromatic heterocycles. The number of aryl methyl sites for hydroxylation is 1. The van der Waals surface area contributed by atoms with Gasteiger partial charge < -0.3 is 10.6 Å². The van der Waals surface area contributed by atoms with Crippen LogP contribution < -0.4 is 10.6 Å². The van der Waals surface area contributed by atoms with Crippen LogP contribution in [0.1, 0.15) is 18.4 Å².